The number of amides is 3. The van der Waals surface area contributed by atoms with Crippen LogP contribution in [0.25, 0.3) is 0 Å². The van der Waals surface area contributed by atoms with E-state index in [9.17, 15) is 27.2 Å². The maximum absolute atomic E-state index is 13.9. The number of urea groups is 1. The number of anilines is 2. The van der Waals surface area contributed by atoms with Gasteiger partial charge in [-0.05, 0) is 54.4 Å². The highest BCUT2D eigenvalue weighted by atomic mass is 35.5. The summed E-state index contributed by atoms with van der Waals surface area (Å²) in [7, 11) is 0. The first-order chi connectivity index (χ1) is 16.1. The summed E-state index contributed by atoms with van der Waals surface area (Å²) < 4.78 is 53.5. The molecule has 0 fully saturated rings. The average Bonchev–Trinajstić information content (AvgIpc) is 3.36. The van der Waals surface area contributed by atoms with Gasteiger partial charge in [0.05, 0.1) is 11.6 Å². The topological polar surface area (TPSA) is 61.4 Å². The molecule has 1 atom stereocenters. The Morgan fingerprint density at radius 3 is 2.68 bits per heavy atom. The fourth-order valence-electron chi connectivity index (χ4n) is 4.38. The Morgan fingerprint density at radius 2 is 1.91 bits per heavy atom. The smallest absolute Gasteiger partial charge is 0.341 e. The van der Waals surface area contributed by atoms with Gasteiger partial charge in [0.2, 0.25) is 0 Å². The van der Waals surface area contributed by atoms with Crippen LogP contribution in [0.4, 0.5) is 33.7 Å². The van der Waals surface area contributed by atoms with Crippen LogP contribution in [0, 0.1) is 5.82 Å². The van der Waals surface area contributed by atoms with Crippen molar-refractivity contribution in [2.75, 3.05) is 16.8 Å². The first-order valence-electron chi connectivity index (χ1n) is 10.3. The van der Waals surface area contributed by atoms with Crippen molar-refractivity contribution in [3.63, 3.8) is 0 Å². The molecule has 10 heteroatoms. The van der Waals surface area contributed by atoms with Crippen molar-refractivity contribution in [3.05, 3.63) is 93.3 Å². The Kier molecular flexibility index (Phi) is 5.24. The number of hydrogen-bond acceptors (Lipinski definition) is 2. The van der Waals surface area contributed by atoms with Crippen molar-refractivity contribution in [3.8, 4) is 0 Å². The Bertz CT molecular complexity index is 1340. The van der Waals surface area contributed by atoms with Crippen molar-refractivity contribution < 1.29 is 27.2 Å². The number of nitrogens with zero attached hydrogens (tertiary/aromatic N) is 1. The summed E-state index contributed by atoms with van der Waals surface area (Å²) in [6.45, 7) is 0.202. The van der Waals surface area contributed by atoms with Crippen LogP contribution in [-0.4, -0.2) is 18.5 Å². The molecule has 3 aromatic carbocycles. The molecule has 2 aliphatic rings. The van der Waals surface area contributed by atoms with Crippen LogP contribution in [0.1, 0.15) is 38.7 Å². The molecule has 0 spiro atoms. The third kappa shape index (κ3) is 3.75. The molecule has 0 saturated carbocycles. The number of fused-ring (bicyclic) bond motifs is 2. The Labute approximate surface area is 196 Å². The van der Waals surface area contributed by atoms with E-state index >= 15 is 0 Å². The Balaban J connectivity index is 1.50. The Morgan fingerprint density at radius 1 is 1.12 bits per heavy atom. The molecular formula is C24H16ClF4N3O2. The minimum absolute atomic E-state index is 0.179. The van der Waals surface area contributed by atoms with Crippen LogP contribution >= 0.6 is 11.6 Å². The SMILES string of the molecule is O=C1NC(c2cc(F)ccc2Cl)c2c(NC(=O)N3CCc4ccc(C(F)(F)F)cc43)cccc21. The van der Waals surface area contributed by atoms with Gasteiger partial charge in [-0.25, -0.2) is 9.18 Å². The van der Waals surface area contributed by atoms with Crippen LogP contribution in [0.5, 0.6) is 0 Å². The van der Waals surface area contributed by atoms with E-state index in [4.69, 9.17) is 11.6 Å². The van der Waals surface area contributed by atoms with E-state index in [2.05, 4.69) is 10.6 Å². The predicted molar refractivity (Wildman–Crippen MR) is 119 cm³/mol. The third-order valence-electron chi connectivity index (χ3n) is 5.98. The first kappa shape index (κ1) is 22.2. The van der Waals surface area contributed by atoms with E-state index in [1.807, 2.05) is 0 Å². The molecule has 3 aromatic rings. The standard InChI is InChI=1S/C24H16ClF4N3O2/c25-17-7-6-14(26)11-16(17)21-20-15(22(33)31-21)2-1-3-18(20)30-23(34)32-9-8-12-4-5-13(10-19(12)32)24(27,28)29/h1-7,10-11,21H,8-9H2,(H,30,34)(H,31,33). The van der Waals surface area contributed by atoms with Gasteiger partial charge in [0, 0.05) is 39.6 Å². The lowest BCUT2D eigenvalue weighted by Gasteiger charge is -2.22. The van der Waals surface area contributed by atoms with Gasteiger partial charge in [-0.3, -0.25) is 9.69 Å². The fourth-order valence-corrected chi connectivity index (χ4v) is 4.61. The lowest BCUT2D eigenvalue weighted by atomic mass is 9.96. The molecule has 0 aliphatic carbocycles. The molecule has 0 radical (unpaired) electrons. The highest BCUT2D eigenvalue weighted by Gasteiger charge is 2.36. The summed E-state index contributed by atoms with van der Waals surface area (Å²) in [5.74, 6) is -0.962. The maximum atomic E-state index is 13.9. The number of nitrogens with one attached hydrogen (secondary N) is 2. The molecule has 2 aliphatic heterocycles. The highest BCUT2D eigenvalue weighted by molar-refractivity contribution is 6.31. The van der Waals surface area contributed by atoms with E-state index in [1.165, 1.54) is 29.2 Å². The van der Waals surface area contributed by atoms with E-state index in [1.54, 1.807) is 18.2 Å². The maximum Gasteiger partial charge on any atom is 0.416 e. The van der Waals surface area contributed by atoms with Crippen LogP contribution < -0.4 is 15.5 Å². The summed E-state index contributed by atoms with van der Waals surface area (Å²) >= 11 is 6.25. The van der Waals surface area contributed by atoms with E-state index in [0.29, 0.717) is 23.1 Å². The number of carbonyl (C=O) groups excluding carboxylic acids is 2. The molecule has 174 valence electrons. The van der Waals surface area contributed by atoms with E-state index < -0.39 is 35.5 Å². The van der Waals surface area contributed by atoms with Crippen LogP contribution in [0.2, 0.25) is 5.02 Å². The van der Waals surface area contributed by atoms with E-state index in [-0.39, 0.29) is 28.5 Å². The van der Waals surface area contributed by atoms with Gasteiger partial charge in [0.15, 0.2) is 0 Å². The van der Waals surface area contributed by atoms with Crippen molar-refractivity contribution in [2.45, 2.75) is 18.6 Å². The molecule has 5 rings (SSSR count). The zero-order valence-electron chi connectivity index (χ0n) is 17.3. The monoisotopic (exact) mass is 489 g/mol. The highest BCUT2D eigenvalue weighted by Crippen LogP contribution is 2.40. The normalized spacial score (nSPS) is 16.8. The first-order valence-corrected chi connectivity index (χ1v) is 10.7. The minimum atomic E-state index is -4.54. The molecule has 2 heterocycles. The number of carbonyl (C=O) groups is 2. The number of hydrogen-bond donors (Lipinski definition) is 2. The molecular weight excluding hydrogens is 474 g/mol. The number of rotatable bonds is 2. The second kappa shape index (κ2) is 8.02. The van der Waals surface area contributed by atoms with Gasteiger partial charge in [-0.2, -0.15) is 13.2 Å². The molecule has 0 bridgehead atoms. The summed E-state index contributed by atoms with van der Waals surface area (Å²) in [4.78, 5) is 26.9. The lowest BCUT2D eigenvalue weighted by Crippen LogP contribution is -2.34. The second-order valence-corrected chi connectivity index (χ2v) is 8.42. The summed E-state index contributed by atoms with van der Waals surface area (Å²) in [6, 6.07) is 10.3. The number of benzene rings is 3. The summed E-state index contributed by atoms with van der Waals surface area (Å²) in [5, 5.41) is 5.69. The molecule has 5 nitrogen and oxygen atoms in total. The second-order valence-electron chi connectivity index (χ2n) is 8.01. The summed E-state index contributed by atoms with van der Waals surface area (Å²) in [5.41, 5.74) is 1.23. The number of halogens is 5. The predicted octanol–water partition coefficient (Wildman–Crippen LogP) is 5.93. The summed E-state index contributed by atoms with van der Waals surface area (Å²) in [6.07, 6.45) is -4.13. The van der Waals surface area contributed by atoms with Gasteiger partial charge in [0.25, 0.3) is 5.91 Å². The lowest BCUT2D eigenvalue weighted by molar-refractivity contribution is -0.137. The van der Waals surface area contributed by atoms with Gasteiger partial charge >= 0.3 is 12.2 Å². The molecule has 2 N–H and O–H groups in total. The largest absolute Gasteiger partial charge is 0.416 e. The van der Waals surface area contributed by atoms with Crippen LogP contribution in [0.3, 0.4) is 0 Å². The van der Waals surface area contributed by atoms with Gasteiger partial charge in [0.1, 0.15) is 5.82 Å². The minimum Gasteiger partial charge on any atom is -0.341 e. The van der Waals surface area contributed by atoms with Crippen molar-refractivity contribution in [2.24, 2.45) is 0 Å². The van der Waals surface area contributed by atoms with E-state index in [0.717, 1.165) is 12.1 Å². The zero-order chi connectivity index (χ0) is 24.2. The number of alkyl halides is 3. The molecule has 0 aromatic heterocycles. The fraction of sp³-hybridized carbons (Fsp3) is 0.167. The van der Waals surface area contributed by atoms with Gasteiger partial charge in [-0.1, -0.05) is 23.7 Å². The Hall–Kier alpha value is -3.59. The van der Waals surface area contributed by atoms with Crippen LogP contribution in [-0.2, 0) is 12.6 Å². The molecule has 34 heavy (non-hydrogen) atoms. The van der Waals surface area contributed by atoms with Crippen molar-refractivity contribution in [1.29, 1.82) is 0 Å². The molecule has 1 unspecified atom stereocenters. The molecule has 3 amide bonds. The van der Waals surface area contributed by atoms with Crippen molar-refractivity contribution >= 4 is 34.9 Å². The third-order valence-corrected chi connectivity index (χ3v) is 6.32. The quantitative estimate of drug-likeness (QED) is 0.439. The van der Waals surface area contributed by atoms with Gasteiger partial charge < -0.3 is 10.6 Å². The van der Waals surface area contributed by atoms with Crippen LogP contribution in [0.15, 0.2) is 54.6 Å². The zero-order valence-corrected chi connectivity index (χ0v) is 18.1. The average molecular weight is 490 g/mol. The van der Waals surface area contributed by atoms with Crippen molar-refractivity contribution in [1.82, 2.24) is 5.32 Å². The van der Waals surface area contributed by atoms with Gasteiger partial charge in [-0.15, -0.1) is 0 Å². The molecule has 0 saturated heterocycles.